The number of hydrogen-bond acceptors (Lipinski definition) is 6. The molecule has 0 saturated carbocycles. The fourth-order valence-electron chi connectivity index (χ4n) is 2.29. The first-order valence-corrected chi connectivity index (χ1v) is 8.17. The van der Waals surface area contributed by atoms with Gasteiger partial charge in [-0.2, -0.15) is 12.6 Å². The number of benzene rings is 1. The second kappa shape index (κ2) is 7.09. The smallest absolute Gasteiger partial charge is 0.329 e. The third-order valence-corrected chi connectivity index (χ3v) is 4.82. The monoisotopic (exact) mass is 327 g/mol. The molecule has 2 rings (SSSR count). The fraction of sp³-hybridized carbons (Fsp3) is 0.429. The van der Waals surface area contributed by atoms with Gasteiger partial charge in [0.2, 0.25) is 5.91 Å². The van der Waals surface area contributed by atoms with Crippen LogP contribution in [0.4, 0.5) is 0 Å². The third-order valence-electron chi connectivity index (χ3n) is 3.29. The molecule has 0 aliphatic carbocycles. The van der Waals surface area contributed by atoms with Crippen molar-refractivity contribution in [2.24, 2.45) is 0 Å². The van der Waals surface area contributed by atoms with E-state index in [4.69, 9.17) is 4.74 Å². The first-order chi connectivity index (χ1) is 10.1. The average molecular weight is 327 g/mol. The predicted molar refractivity (Wildman–Crippen MR) is 84.4 cm³/mol. The lowest BCUT2D eigenvalue weighted by molar-refractivity contribution is -0.151. The average Bonchev–Trinajstić information content (AvgIpc) is 2.92. The number of carbonyl (C=O) groups excluding carboxylic acids is 2. The summed E-state index contributed by atoms with van der Waals surface area (Å²) in [7, 11) is 1.31. The number of aromatic hydroxyl groups is 1. The molecule has 0 radical (unpaired) electrons. The van der Waals surface area contributed by atoms with Gasteiger partial charge in [0.1, 0.15) is 17.2 Å². The Balaban J connectivity index is 2.34. The highest BCUT2D eigenvalue weighted by molar-refractivity contribution is 7.99. The molecule has 0 aromatic heterocycles. The zero-order valence-electron chi connectivity index (χ0n) is 11.6. The lowest BCUT2D eigenvalue weighted by Gasteiger charge is -2.28. The molecule has 5 nitrogen and oxygen atoms in total. The van der Waals surface area contributed by atoms with Crippen LogP contribution in [0.25, 0.3) is 0 Å². The van der Waals surface area contributed by atoms with Crippen LogP contribution < -0.4 is 0 Å². The van der Waals surface area contributed by atoms with Crippen molar-refractivity contribution in [2.45, 2.75) is 17.8 Å². The summed E-state index contributed by atoms with van der Waals surface area (Å²) in [6.45, 7) is 0. The van der Waals surface area contributed by atoms with Gasteiger partial charge in [0.15, 0.2) is 0 Å². The molecule has 2 unspecified atom stereocenters. The normalized spacial score (nSPS) is 21.3. The molecule has 1 heterocycles. The number of ether oxygens (including phenoxy) is 1. The first-order valence-electron chi connectivity index (χ1n) is 6.49. The zero-order valence-corrected chi connectivity index (χ0v) is 13.3. The maximum absolute atomic E-state index is 12.3. The summed E-state index contributed by atoms with van der Waals surface area (Å²) < 4.78 is 4.78. The van der Waals surface area contributed by atoms with Gasteiger partial charge < -0.3 is 14.7 Å². The molecule has 0 bridgehead atoms. The van der Waals surface area contributed by atoms with Crippen molar-refractivity contribution in [3.05, 3.63) is 29.8 Å². The van der Waals surface area contributed by atoms with E-state index in [1.807, 2.05) is 0 Å². The molecule has 2 atom stereocenters. The lowest BCUT2D eigenvalue weighted by Crippen LogP contribution is -2.43. The minimum Gasteiger partial charge on any atom is -0.508 e. The standard InChI is InChI=1S/C14H17NO4S2/c1-19-14(18)10-8-21-13(15(10)12(17)6-7-20)9-4-2-3-5-11(9)16/h2-5,10,13,16,20H,6-8H2,1H3. The van der Waals surface area contributed by atoms with Gasteiger partial charge in [-0.05, 0) is 11.8 Å². The molecule has 1 amide bonds. The van der Waals surface area contributed by atoms with Crippen molar-refractivity contribution in [1.29, 1.82) is 0 Å². The number of thioether (sulfide) groups is 1. The van der Waals surface area contributed by atoms with Crippen LogP contribution in [-0.2, 0) is 14.3 Å². The summed E-state index contributed by atoms with van der Waals surface area (Å²) in [5.74, 6) is 0.363. The summed E-state index contributed by atoms with van der Waals surface area (Å²) in [4.78, 5) is 25.7. The second-order valence-electron chi connectivity index (χ2n) is 4.56. The molecular formula is C14H17NO4S2. The maximum Gasteiger partial charge on any atom is 0.329 e. The number of amides is 1. The molecule has 1 N–H and O–H groups in total. The zero-order chi connectivity index (χ0) is 15.4. The molecule has 21 heavy (non-hydrogen) atoms. The number of phenols is 1. The molecule has 114 valence electrons. The van der Waals surface area contributed by atoms with E-state index in [0.717, 1.165) is 0 Å². The van der Waals surface area contributed by atoms with Gasteiger partial charge in [-0.1, -0.05) is 18.2 Å². The number of hydrogen-bond donors (Lipinski definition) is 2. The quantitative estimate of drug-likeness (QED) is 0.652. The van der Waals surface area contributed by atoms with Gasteiger partial charge in [-0.15, -0.1) is 11.8 Å². The number of para-hydroxylation sites is 1. The first kappa shape index (κ1) is 16.0. The molecular weight excluding hydrogens is 310 g/mol. The highest BCUT2D eigenvalue weighted by atomic mass is 32.2. The minimum atomic E-state index is -0.628. The summed E-state index contributed by atoms with van der Waals surface area (Å²) in [6, 6.07) is 6.21. The Morgan fingerprint density at radius 2 is 2.19 bits per heavy atom. The van der Waals surface area contributed by atoms with E-state index in [1.54, 1.807) is 24.3 Å². The number of thiol groups is 1. The minimum absolute atomic E-state index is 0.115. The number of methoxy groups -OCH3 is 1. The van der Waals surface area contributed by atoms with E-state index in [9.17, 15) is 14.7 Å². The summed E-state index contributed by atoms with van der Waals surface area (Å²) in [5.41, 5.74) is 0.626. The van der Waals surface area contributed by atoms with E-state index in [-0.39, 0.29) is 23.5 Å². The van der Waals surface area contributed by atoms with E-state index < -0.39 is 12.0 Å². The third kappa shape index (κ3) is 3.29. The van der Waals surface area contributed by atoms with E-state index in [2.05, 4.69) is 12.6 Å². The Morgan fingerprint density at radius 1 is 1.48 bits per heavy atom. The van der Waals surface area contributed by atoms with Crippen LogP contribution in [0.15, 0.2) is 24.3 Å². The van der Waals surface area contributed by atoms with Crippen LogP contribution in [0.1, 0.15) is 17.4 Å². The summed E-state index contributed by atoms with van der Waals surface area (Å²) in [5, 5.41) is 9.61. The number of phenolic OH excluding ortho intramolecular Hbond substituents is 1. The number of carbonyl (C=O) groups is 2. The largest absolute Gasteiger partial charge is 0.508 e. The van der Waals surface area contributed by atoms with Gasteiger partial charge in [0.25, 0.3) is 0 Å². The van der Waals surface area contributed by atoms with Crippen molar-refractivity contribution in [2.75, 3.05) is 18.6 Å². The van der Waals surface area contributed by atoms with Gasteiger partial charge in [-0.25, -0.2) is 4.79 Å². The van der Waals surface area contributed by atoms with Gasteiger partial charge in [-0.3, -0.25) is 4.79 Å². The second-order valence-corrected chi connectivity index (χ2v) is 6.12. The molecule has 7 heteroatoms. The summed E-state index contributed by atoms with van der Waals surface area (Å²) >= 11 is 5.52. The van der Waals surface area contributed by atoms with E-state index >= 15 is 0 Å². The van der Waals surface area contributed by atoms with Crippen LogP contribution in [0, 0.1) is 0 Å². The van der Waals surface area contributed by atoms with Crippen LogP contribution in [0.3, 0.4) is 0 Å². The molecule has 1 aromatic carbocycles. The van der Waals surface area contributed by atoms with Crippen LogP contribution in [-0.4, -0.2) is 46.5 Å². The van der Waals surface area contributed by atoms with Crippen molar-refractivity contribution in [3.8, 4) is 5.75 Å². The van der Waals surface area contributed by atoms with Crippen LogP contribution in [0.2, 0.25) is 0 Å². The number of nitrogens with zero attached hydrogens (tertiary/aromatic N) is 1. The Bertz CT molecular complexity index is 537. The van der Waals surface area contributed by atoms with Crippen molar-refractivity contribution >= 4 is 36.3 Å². The van der Waals surface area contributed by atoms with Crippen molar-refractivity contribution < 1.29 is 19.4 Å². The Kier molecular flexibility index (Phi) is 5.41. The number of rotatable bonds is 4. The van der Waals surface area contributed by atoms with E-state index in [0.29, 0.717) is 17.1 Å². The molecule has 0 spiro atoms. The Hall–Kier alpha value is -1.34. The molecule has 1 aliphatic heterocycles. The highest BCUT2D eigenvalue weighted by Gasteiger charge is 2.43. The Labute approximate surface area is 133 Å². The topological polar surface area (TPSA) is 66.8 Å². The molecule has 1 fully saturated rings. The van der Waals surface area contributed by atoms with Crippen LogP contribution >= 0.6 is 24.4 Å². The summed E-state index contributed by atoms with van der Waals surface area (Å²) in [6.07, 6.45) is 0.237. The van der Waals surface area contributed by atoms with Crippen LogP contribution in [0.5, 0.6) is 5.75 Å². The molecule has 1 aliphatic rings. The fourth-order valence-corrected chi connectivity index (χ4v) is 3.95. The van der Waals surface area contributed by atoms with Gasteiger partial charge in [0, 0.05) is 17.7 Å². The van der Waals surface area contributed by atoms with Crippen molar-refractivity contribution in [1.82, 2.24) is 4.90 Å². The molecule has 1 saturated heterocycles. The highest BCUT2D eigenvalue weighted by Crippen LogP contribution is 2.44. The number of esters is 1. The van der Waals surface area contributed by atoms with Gasteiger partial charge in [0.05, 0.1) is 7.11 Å². The lowest BCUT2D eigenvalue weighted by atomic mass is 10.1. The van der Waals surface area contributed by atoms with Gasteiger partial charge >= 0.3 is 5.97 Å². The maximum atomic E-state index is 12.3. The predicted octanol–water partition coefficient (Wildman–Crippen LogP) is 1.83. The Morgan fingerprint density at radius 3 is 2.81 bits per heavy atom. The molecule has 1 aromatic rings. The van der Waals surface area contributed by atoms with Crippen molar-refractivity contribution in [3.63, 3.8) is 0 Å². The van der Waals surface area contributed by atoms with E-state index in [1.165, 1.54) is 23.8 Å². The SMILES string of the molecule is COC(=O)C1CSC(c2ccccc2O)N1C(=O)CCS.